The maximum atomic E-state index is 12.1. The molecule has 84 valence electrons. The molecule has 0 amide bonds. The zero-order chi connectivity index (χ0) is 10.7. The highest BCUT2D eigenvalue weighted by atomic mass is 16.2. The summed E-state index contributed by atoms with van der Waals surface area (Å²) < 4.78 is 0. The smallest absolute Gasteiger partial charge is 0.146 e. The Balaban J connectivity index is 1.95. The molecule has 0 heterocycles. The number of Topliss-reactive ketones (excluding diaryl/α,β-unsaturated/α-hetero) is 2. The van der Waals surface area contributed by atoms with Crippen molar-refractivity contribution in [3.05, 3.63) is 0 Å². The van der Waals surface area contributed by atoms with Crippen LogP contribution >= 0.6 is 0 Å². The number of hydrogen-bond donors (Lipinski definition) is 0. The van der Waals surface area contributed by atoms with Crippen LogP contribution in [0.2, 0.25) is 0 Å². The predicted molar refractivity (Wildman–Crippen MR) is 58.5 cm³/mol. The fourth-order valence-corrected chi connectivity index (χ4v) is 2.96. The number of carbonyl (C=O) groups excluding carboxylic acids is 2. The van der Waals surface area contributed by atoms with Gasteiger partial charge in [-0.3, -0.25) is 9.59 Å². The minimum atomic E-state index is -0.221. The maximum absolute atomic E-state index is 12.1. The molecule has 2 aliphatic rings. The minimum absolute atomic E-state index is 0.214. The number of hydrogen-bond acceptors (Lipinski definition) is 2. The van der Waals surface area contributed by atoms with Crippen LogP contribution in [0, 0.1) is 11.8 Å². The van der Waals surface area contributed by atoms with Gasteiger partial charge in [0.2, 0.25) is 0 Å². The summed E-state index contributed by atoms with van der Waals surface area (Å²) in [7, 11) is 0. The van der Waals surface area contributed by atoms with Gasteiger partial charge in [-0.05, 0) is 25.7 Å². The minimum Gasteiger partial charge on any atom is -0.299 e. The Morgan fingerprint density at radius 1 is 0.933 bits per heavy atom. The average Bonchev–Trinajstić information content (AvgIpc) is 2.30. The van der Waals surface area contributed by atoms with E-state index in [4.69, 9.17) is 0 Å². The van der Waals surface area contributed by atoms with Gasteiger partial charge in [0, 0.05) is 12.3 Å². The molecule has 1 unspecified atom stereocenters. The van der Waals surface area contributed by atoms with E-state index in [1.54, 1.807) is 0 Å². The molecule has 2 nitrogen and oxygen atoms in total. The van der Waals surface area contributed by atoms with Gasteiger partial charge in [-0.1, -0.05) is 25.7 Å². The molecule has 0 bridgehead atoms. The van der Waals surface area contributed by atoms with Crippen LogP contribution in [0.5, 0.6) is 0 Å². The summed E-state index contributed by atoms with van der Waals surface area (Å²) in [5, 5.41) is 0. The van der Waals surface area contributed by atoms with Crippen LogP contribution in [0.4, 0.5) is 0 Å². The van der Waals surface area contributed by atoms with Crippen LogP contribution in [0.25, 0.3) is 0 Å². The van der Waals surface area contributed by atoms with Crippen molar-refractivity contribution in [1.29, 1.82) is 0 Å². The molecule has 0 aromatic heterocycles. The predicted octanol–water partition coefficient (Wildman–Crippen LogP) is 2.90. The largest absolute Gasteiger partial charge is 0.299 e. The molecule has 0 N–H and O–H groups in total. The molecule has 2 aliphatic carbocycles. The standard InChI is InChI=1S/C13H20O2/c14-12-9-5-4-8-11(12)13(15)10-6-2-1-3-7-10/h10-11H,1-9H2. The zero-order valence-corrected chi connectivity index (χ0v) is 9.34. The van der Waals surface area contributed by atoms with Crippen molar-refractivity contribution < 1.29 is 9.59 Å². The molecular weight excluding hydrogens is 188 g/mol. The van der Waals surface area contributed by atoms with Gasteiger partial charge in [-0.15, -0.1) is 0 Å². The van der Waals surface area contributed by atoms with E-state index in [1.807, 2.05) is 0 Å². The van der Waals surface area contributed by atoms with E-state index in [1.165, 1.54) is 19.3 Å². The van der Waals surface area contributed by atoms with E-state index in [9.17, 15) is 9.59 Å². The Labute approximate surface area is 91.4 Å². The number of ketones is 2. The Morgan fingerprint density at radius 2 is 1.60 bits per heavy atom. The monoisotopic (exact) mass is 208 g/mol. The van der Waals surface area contributed by atoms with Gasteiger partial charge in [-0.2, -0.15) is 0 Å². The van der Waals surface area contributed by atoms with Gasteiger partial charge in [-0.25, -0.2) is 0 Å². The number of carbonyl (C=O) groups is 2. The molecule has 0 aliphatic heterocycles. The summed E-state index contributed by atoms with van der Waals surface area (Å²) in [6.07, 6.45) is 9.21. The van der Waals surface area contributed by atoms with Crippen molar-refractivity contribution in [3.63, 3.8) is 0 Å². The quantitative estimate of drug-likeness (QED) is 0.654. The molecule has 0 aromatic rings. The van der Waals surface area contributed by atoms with E-state index < -0.39 is 0 Å². The fourth-order valence-electron chi connectivity index (χ4n) is 2.96. The highest BCUT2D eigenvalue weighted by molar-refractivity contribution is 6.03. The summed E-state index contributed by atoms with van der Waals surface area (Å²) in [6, 6.07) is 0. The summed E-state index contributed by atoms with van der Waals surface area (Å²) in [5.74, 6) is 0.490. The summed E-state index contributed by atoms with van der Waals surface area (Å²) in [5.41, 5.74) is 0. The lowest BCUT2D eigenvalue weighted by molar-refractivity contribution is -0.137. The topological polar surface area (TPSA) is 34.1 Å². The highest BCUT2D eigenvalue weighted by Gasteiger charge is 2.33. The third kappa shape index (κ3) is 2.47. The van der Waals surface area contributed by atoms with Crippen LogP contribution in [0.3, 0.4) is 0 Å². The molecule has 2 fully saturated rings. The lowest BCUT2D eigenvalue weighted by Crippen LogP contribution is -2.33. The third-order valence-corrected chi connectivity index (χ3v) is 3.91. The SMILES string of the molecule is O=C1CCCCC1C(=O)C1CCCCC1. The first kappa shape index (κ1) is 10.8. The van der Waals surface area contributed by atoms with Crippen molar-refractivity contribution in [1.82, 2.24) is 0 Å². The molecule has 0 saturated heterocycles. The molecule has 0 spiro atoms. The van der Waals surface area contributed by atoms with Gasteiger partial charge in [0.25, 0.3) is 0 Å². The van der Waals surface area contributed by atoms with Crippen molar-refractivity contribution in [2.75, 3.05) is 0 Å². The van der Waals surface area contributed by atoms with Crippen LogP contribution in [0.1, 0.15) is 57.8 Å². The number of rotatable bonds is 2. The van der Waals surface area contributed by atoms with E-state index in [2.05, 4.69) is 0 Å². The second kappa shape index (κ2) is 4.91. The fraction of sp³-hybridized carbons (Fsp3) is 0.846. The Morgan fingerprint density at radius 3 is 2.27 bits per heavy atom. The van der Waals surface area contributed by atoms with Gasteiger partial charge < -0.3 is 0 Å². The summed E-state index contributed by atoms with van der Waals surface area (Å²) >= 11 is 0. The normalized spacial score (nSPS) is 29.1. The van der Waals surface area contributed by atoms with E-state index in [0.717, 1.165) is 32.1 Å². The second-order valence-electron chi connectivity index (χ2n) is 5.00. The third-order valence-electron chi connectivity index (χ3n) is 3.91. The Kier molecular flexibility index (Phi) is 3.55. The first-order valence-corrected chi connectivity index (χ1v) is 6.35. The molecule has 15 heavy (non-hydrogen) atoms. The van der Waals surface area contributed by atoms with Crippen molar-refractivity contribution in [3.8, 4) is 0 Å². The summed E-state index contributed by atoms with van der Waals surface area (Å²) in [4.78, 5) is 23.8. The lowest BCUT2D eigenvalue weighted by atomic mass is 9.76. The summed E-state index contributed by atoms with van der Waals surface area (Å²) in [6.45, 7) is 0. The van der Waals surface area contributed by atoms with Crippen LogP contribution in [-0.2, 0) is 9.59 Å². The molecule has 0 radical (unpaired) electrons. The first-order valence-electron chi connectivity index (χ1n) is 6.35. The van der Waals surface area contributed by atoms with Gasteiger partial charge in [0.1, 0.15) is 11.6 Å². The van der Waals surface area contributed by atoms with E-state index in [0.29, 0.717) is 6.42 Å². The van der Waals surface area contributed by atoms with Crippen LogP contribution in [0.15, 0.2) is 0 Å². The lowest BCUT2D eigenvalue weighted by Gasteiger charge is -2.26. The molecular formula is C13H20O2. The van der Waals surface area contributed by atoms with Crippen LogP contribution in [-0.4, -0.2) is 11.6 Å². The molecule has 2 saturated carbocycles. The van der Waals surface area contributed by atoms with Gasteiger partial charge in [0.05, 0.1) is 5.92 Å². The van der Waals surface area contributed by atoms with Gasteiger partial charge in [0.15, 0.2) is 0 Å². The zero-order valence-electron chi connectivity index (χ0n) is 9.34. The maximum Gasteiger partial charge on any atom is 0.146 e. The average molecular weight is 208 g/mol. The molecule has 0 aromatic carbocycles. The first-order chi connectivity index (χ1) is 7.29. The molecule has 2 heteroatoms. The van der Waals surface area contributed by atoms with E-state index >= 15 is 0 Å². The highest BCUT2D eigenvalue weighted by Crippen LogP contribution is 2.31. The van der Waals surface area contributed by atoms with Gasteiger partial charge >= 0.3 is 0 Å². The second-order valence-corrected chi connectivity index (χ2v) is 5.00. The van der Waals surface area contributed by atoms with Crippen molar-refractivity contribution in [2.24, 2.45) is 11.8 Å². The Hall–Kier alpha value is -0.660. The molecule has 2 rings (SSSR count). The van der Waals surface area contributed by atoms with E-state index in [-0.39, 0.29) is 23.4 Å². The van der Waals surface area contributed by atoms with Crippen molar-refractivity contribution in [2.45, 2.75) is 57.8 Å². The Bertz CT molecular complexity index is 251. The van der Waals surface area contributed by atoms with Crippen LogP contribution < -0.4 is 0 Å². The molecule has 1 atom stereocenters. The van der Waals surface area contributed by atoms with Crippen molar-refractivity contribution >= 4 is 11.6 Å².